The van der Waals surface area contributed by atoms with E-state index in [4.69, 9.17) is 0 Å². The number of carbonyl (C=O) groups is 1. The van der Waals surface area contributed by atoms with Crippen LogP contribution < -0.4 is 10.6 Å². The van der Waals surface area contributed by atoms with E-state index in [2.05, 4.69) is 20.6 Å². The van der Waals surface area contributed by atoms with Gasteiger partial charge in [0, 0.05) is 29.7 Å². The zero-order chi connectivity index (χ0) is 18.4. The van der Waals surface area contributed by atoms with Gasteiger partial charge < -0.3 is 15.7 Å². The molecule has 2 amide bonds. The second-order valence-corrected chi connectivity index (χ2v) is 5.83. The van der Waals surface area contributed by atoms with Gasteiger partial charge in [-0.3, -0.25) is 0 Å². The van der Waals surface area contributed by atoms with E-state index in [0.29, 0.717) is 18.1 Å². The summed E-state index contributed by atoms with van der Waals surface area (Å²) in [6.07, 6.45) is 1.72. The topological polar surface area (TPSA) is 87.1 Å². The van der Waals surface area contributed by atoms with Crippen LogP contribution in [0, 0.1) is 6.92 Å². The highest BCUT2D eigenvalue weighted by Crippen LogP contribution is 2.18. The summed E-state index contributed by atoms with van der Waals surface area (Å²) in [7, 11) is 0. The number of hydrogen-bond donors (Lipinski definition) is 3. The molecule has 6 nitrogen and oxygen atoms in total. The molecule has 0 radical (unpaired) electrons. The first kappa shape index (κ1) is 17.6. The van der Waals surface area contributed by atoms with E-state index in [-0.39, 0.29) is 12.6 Å². The molecule has 3 rings (SSSR count). The van der Waals surface area contributed by atoms with Crippen molar-refractivity contribution in [3.8, 4) is 11.4 Å². The maximum Gasteiger partial charge on any atom is 0.319 e. The monoisotopic (exact) mass is 348 g/mol. The first-order valence-corrected chi connectivity index (χ1v) is 8.28. The molecule has 1 heterocycles. The van der Waals surface area contributed by atoms with Crippen LogP contribution in [-0.4, -0.2) is 21.1 Å². The van der Waals surface area contributed by atoms with Crippen LogP contribution in [0.5, 0.6) is 0 Å². The van der Waals surface area contributed by atoms with Crippen LogP contribution in [0.2, 0.25) is 0 Å². The Morgan fingerprint density at radius 2 is 1.77 bits per heavy atom. The van der Waals surface area contributed by atoms with Crippen molar-refractivity contribution >= 4 is 11.7 Å². The van der Waals surface area contributed by atoms with E-state index in [1.165, 1.54) is 0 Å². The Kier molecular flexibility index (Phi) is 5.56. The summed E-state index contributed by atoms with van der Waals surface area (Å²) in [6, 6.07) is 16.3. The van der Waals surface area contributed by atoms with E-state index >= 15 is 0 Å². The third-order valence-electron chi connectivity index (χ3n) is 3.92. The lowest BCUT2D eigenvalue weighted by atomic mass is 10.1. The molecular weight excluding hydrogens is 328 g/mol. The molecule has 0 atom stereocenters. The average Bonchev–Trinajstić information content (AvgIpc) is 2.67. The molecule has 0 bridgehead atoms. The lowest BCUT2D eigenvalue weighted by Crippen LogP contribution is -2.28. The number of nitrogens with zero attached hydrogens (tertiary/aromatic N) is 2. The first-order valence-electron chi connectivity index (χ1n) is 8.28. The SMILES string of the molecule is Cc1ccnc(-c2ccc(NC(=O)NCc3ccccc3CO)cc2)n1. The van der Waals surface area contributed by atoms with Crippen molar-refractivity contribution in [3.05, 3.63) is 77.6 Å². The Morgan fingerprint density at radius 3 is 2.46 bits per heavy atom. The molecule has 132 valence electrons. The molecule has 26 heavy (non-hydrogen) atoms. The number of benzene rings is 2. The van der Waals surface area contributed by atoms with Crippen molar-refractivity contribution < 1.29 is 9.90 Å². The molecule has 0 fully saturated rings. The maximum absolute atomic E-state index is 12.1. The van der Waals surface area contributed by atoms with E-state index < -0.39 is 0 Å². The highest BCUT2D eigenvalue weighted by Gasteiger charge is 2.06. The molecule has 0 aliphatic carbocycles. The van der Waals surface area contributed by atoms with Gasteiger partial charge in [0.25, 0.3) is 0 Å². The zero-order valence-electron chi connectivity index (χ0n) is 14.4. The number of aryl methyl sites for hydroxylation is 1. The molecule has 0 unspecified atom stereocenters. The molecule has 0 saturated carbocycles. The largest absolute Gasteiger partial charge is 0.392 e. The van der Waals surface area contributed by atoms with Crippen LogP contribution in [0.25, 0.3) is 11.4 Å². The average molecular weight is 348 g/mol. The normalized spacial score (nSPS) is 10.4. The molecule has 0 aliphatic rings. The fourth-order valence-corrected chi connectivity index (χ4v) is 2.53. The standard InChI is InChI=1S/C20H20N4O2/c1-14-10-11-21-19(23-14)15-6-8-18(9-7-15)24-20(26)22-12-16-4-2-3-5-17(16)13-25/h2-11,25H,12-13H2,1H3,(H2,22,24,26). The summed E-state index contributed by atoms with van der Waals surface area (Å²) in [5.74, 6) is 0.654. The van der Waals surface area contributed by atoms with Gasteiger partial charge >= 0.3 is 6.03 Å². The van der Waals surface area contributed by atoms with Gasteiger partial charge in [0.1, 0.15) is 0 Å². The lowest BCUT2D eigenvalue weighted by molar-refractivity contribution is 0.251. The summed E-state index contributed by atoms with van der Waals surface area (Å²) in [6.45, 7) is 2.21. The van der Waals surface area contributed by atoms with Gasteiger partial charge in [0.05, 0.1) is 6.61 Å². The first-order chi connectivity index (χ1) is 12.7. The van der Waals surface area contributed by atoms with Crippen LogP contribution >= 0.6 is 0 Å². The molecule has 0 spiro atoms. The number of hydrogen-bond acceptors (Lipinski definition) is 4. The minimum absolute atomic E-state index is 0.0536. The van der Waals surface area contributed by atoms with Crippen molar-refractivity contribution in [1.82, 2.24) is 15.3 Å². The number of urea groups is 1. The maximum atomic E-state index is 12.1. The molecular formula is C20H20N4O2. The van der Waals surface area contributed by atoms with Gasteiger partial charge in [-0.2, -0.15) is 0 Å². The fraction of sp³-hybridized carbons (Fsp3) is 0.150. The van der Waals surface area contributed by atoms with Gasteiger partial charge in [0.2, 0.25) is 0 Å². The molecule has 3 aromatic rings. The number of aromatic nitrogens is 2. The second-order valence-electron chi connectivity index (χ2n) is 5.83. The minimum atomic E-state index is -0.308. The number of anilines is 1. The summed E-state index contributed by atoms with van der Waals surface area (Å²) in [5, 5.41) is 14.9. The molecule has 6 heteroatoms. The van der Waals surface area contributed by atoms with Crippen molar-refractivity contribution in [1.29, 1.82) is 0 Å². The van der Waals surface area contributed by atoms with Crippen molar-refractivity contribution in [2.24, 2.45) is 0 Å². The Hall–Kier alpha value is -3.25. The highest BCUT2D eigenvalue weighted by atomic mass is 16.3. The number of rotatable bonds is 5. The van der Waals surface area contributed by atoms with Crippen LogP contribution in [0.4, 0.5) is 10.5 Å². The molecule has 0 aliphatic heterocycles. The summed E-state index contributed by atoms with van der Waals surface area (Å²) in [5.41, 5.74) is 4.15. The van der Waals surface area contributed by atoms with Gasteiger partial charge in [-0.1, -0.05) is 24.3 Å². The van der Waals surface area contributed by atoms with E-state index in [0.717, 1.165) is 22.4 Å². The van der Waals surface area contributed by atoms with Crippen molar-refractivity contribution in [2.75, 3.05) is 5.32 Å². The fourth-order valence-electron chi connectivity index (χ4n) is 2.53. The number of aliphatic hydroxyl groups excluding tert-OH is 1. The summed E-state index contributed by atoms with van der Waals surface area (Å²) in [4.78, 5) is 20.7. The molecule has 1 aromatic heterocycles. The Balaban J connectivity index is 1.59. The number of nitrogens with one attached hydrogen (secondary N) is 2. The van der Waals surface area contributed by atoms with Crippen molar-refractivity contribution in [2.45, 2.75) is 20.1 Å². The van der Waals surface area contributed by atoms with Gasteiger partial charge in [-0.25, -0.2) is 14.8 Å². The number of aliphatic hydroxyl groups is 1. The molecule has 2 aromatic carbocycles. The Labute approximate surface area is 152 Å². The third kappa shape index (κ3) is 4.43. The van der Waals surface area contributed by atoms with E-state index in [1.54, 1.807) is 6.20 Å². The van der Waals surface area contributed by atoms with Crippen molar-refractivity contribution in [3.63, 3.8) is 0 Å². The summed E-state index contributed by atoms with van der Waals surface area (Å²) >= 11 is 0. The van der Waals surface area contributed by atoms with Gasteiger partial charge in [-0.15, -0.1) is 0 Å². The highest BCUT2D eigenvalue weighted by molar-refractivity contribution is 5.89. The van der Waals surface area contributed by atoms with Crippen LogP contribution in [0.15, 0.2) is 60.8 Å². The predicted molar refractivity (Wildman–Crippen MR) is 100 cm³/mol. The smallest absolute Gasteiger partial charge is 0.319 e. The summed E-state index contributed by atoms with van der Waals surface area (Å²) < 4.78 is 0. The Bertz CT molecular complexity index is 894. The predicted octanol–water partition coefficient (Wildman–Crippen LogP) is 3.27. The number of amides is 2. The quantitative estimate of drug-likeness (QED) is 0.660. The van der Waals surface area contributed by atoms with Crippen LogP contribution in [-0.2, 0) is 13.2 Å². The van der Waals surface area contributed by atoms with Gasteiger partial charge in [0.15, 0.2) is 5.82 Å². The molecule has 0 saturated heterocycles. The Morgan fingerprint density at radius 1 is 1.04 bits per heavy atom. The lowest BCUT2D eigenvalue weighted by Gasteiger charge is -2.10. The minimum Gasteiger partial charge on any atom is -0.392 e. The van der Waals surface area contributed by atoms with Gasteiger partial charge in [-0.05, 0) is 48.4 Å². The number of carbonyl (C=O) groups excluding carboxylic acids is 1. The molecule has 3 N–H and O–H groups in total. The van der Waals surface area contributed by atoms with E-state index in [9.17, 15) is 9.90 Å². The van der Waals surface area contributed by atoms with Crippen LogP contribution in [0.3, 0.4) is 0 Å². The second kappa shape index (κ2) is 8.22. The zero-order valence-corrected chi connectivity index (χ0v) is 14.4. The van der Waals surface area contributed by atoms with Crippen LogP contribution in [0.1, 0.15) is 16.8 Å². The van der Waals surface area contributed by atoms with E-state index in [1.807, 2.05) is 61.5 Å². The third-order valence-corrected chi connectivity index (χ3v) is 3.92.